The SMILES string of the molecule is CNCCC1C(C)Nc2ccc(C)cc2S1(=O)=O. The van der Waals surface area contributed by atoms with Crippen molar-refractivity contribution in [2.75, 3.05) is 18.9 Å². The van der Waals surface area contributed by atoms with Gasteiger partial charge in [-0.1, -0.05) is 6.07 Å². The summed E-state index contributed by atoms with van der Waals surface area (Å²) in [5, 5.41) is 5.95. The van der Waals surface area contributed by atoms with Crippen LogP contribution in [0.4, 0.5) is 5.69 Å². The molecule has 1 aromatic rings. The Kier molecular flexibility index (Phi) is 3.64. The van der Waals surface area contributed by atoms with Gasteiger partial charge >= 0.3 is 0 Å². The normalized spacial score (nSPS) is 25.3. The molecule has 0 saturated heterocycles. The van der Waals surface area contributed by atoms with E-state index in [1.54, 1.807) is 6.07 Å². The molecule has 0 bridgehead atoms. The summed E-state index contributed by atoms with van der Waals surface area (Å²) < 4.78 is 25.2. The van der Waals surface area contributed by atoms with Crippen LogP contribution in [0, 0.1) is 6.92 Å². The second kappa shape index (κ2) is 4.90. The van der Waals surface area contributed by atoms with Crippen molar-refractivity contribution in [2.45, 2.75) is 36.5 Å². The van der Waals surface area contributed by atoms with Crippen LogP contribution >= 0.6 is 0 Å². The fourth-order valence-electron chi connectivity index (χ4n) is 2.45. The maximum atomic E-state index is 12.6. The highest BCUT2D eigenvalue weighted by molar-refractivity contribution is 7.92. The highest BCUT2D eigenvalue weighted by Gasteiger charge is 2.37. The monoisotopic (exact) mass is 268 g/mol. The van der Waals surface area contributed by atoms with E-state index in [9.17, 15) is 8.42 Å². The molecule has 0 amide bonds. The predicted octanol–water partition coefficient (Wildman–Crippen LogP) is 1.56. The lowest BCUT2D eigenvalue weighted by Crippen LogP contribution is -2.43. The van der Waals surface area contributed by atoms with E-state index in [1.165, 1.54) is 0 Å². The Labute approximate surface area is 109 Å². The third-order valence-electron chi connectivity index (χ3n) is 3.46. The fraction of sp³-hybridized carbons (Fsp3) is 0.538. The lowest BCUT2D eigenvalue weighted by molar-refractivity contribution is 0.540. The molecule has 4 nitrogen and oxygen atoms in total. The Balaban J connectivity index is 2.45. The summed E-state index contributed by atoms with van der Waals surface area (Å²) >= 11 is 0. The first-order chi connectivity index (χ1) is 8.46. The molecule has 2 rings (SSSR count). The van der Waals surface area contributed by atoms with Crippen molar-refractivity contribution in [2.24, 2.45) is 0 Å². The molecule has 100 valence electrons. The third-order valence-corrected chi connectivity index (χ3v) is 5.85. The van der Waals surface area contributed by atoms with Crippen LogP contribution in [0.25, 0.3) is 0 Å². The second-order valence-electron chi connectivity index (χ2n) is 4.91. The largest absolute Gasteiger partial charge is 0.380 e. The third kappa shape index (κ3) is 2.24. The van der Waals surface area contributed by atoms with E-state index in [4.69, 9.17) is 0 Å². The average Bonchev–Trinajstić information content (AvgIpc) is 2.30. The Morgan fingerprint density at radius 2 is 2.11 bits per heavy atom. The number of hydrogen-bond donors (Lipinski definition) is 2. The van der Waals surface area contributed by atoms with Gasteiger partial charge < -0.3 is 10.6 Å². The van der Waals surface area contributed by atoms with Gasteiger partial charge in [0.2, 0.25) is 0 Å². The van der Waals surface area contributed by atoms with E-state index >= 15 is 0 Å². The Morgan fingerprint density at radius 3 is 2.78 bits per heavy atom. The zero-order valence-electron chi connectivity index (χ0n) is 11.0. The molecule has 2 unspecified atom stereocenters. The summed E-state index contributed by atoms with van der Waals surface area (Å²) in [5.74, 6) is 0. The van der Waals surface area contributed by atoms with Gasteiger partial charge in [0.15, 0.2) is 9.84 Å². The number of anilines is 1. The zero-order chi connectivity index (χ0) is 13.3. The van der Waals surface area contributed by atoms with E-state index in [0.717, 1.165) is 11.3 Å². The summed E-state index contributed by atoms with van der Waals surface area (Å²) in [4.78, 5) is 0.446. The van der Waals surface area contributed by atoms with Crippen molar-refractivity contribution in [1.29, 1.82) is 0 Å². The van der Waals surface area contributed by atoms with Crippen molar-refractivity contribution < 1.29 is 8.42 Å². The molecule has 2 atom stereocenters. The van der Waals surface area contributed by atoms with Gasteiger partial charge in [-0.3, -0.25) is 0 Å². The number of aryl methyl sites for hydroxylation is 1. The van der Waals surface area contributed by atoms with Gasteiger partial charge in [-0.05, 0) is 51.6 Å². The average molecular weight is 268 g/mol. The van der Waals surface area contributed by atoms with Gasteiger partial charge in [0.1, 0.15) is 0 Å². The lowest BCUT2D eigenvalue weighted by Gasteiger charge is -2.32. The highest BCUT2D eigenvalue weighted by atomic mass is 32.2. The molecule has 1 aromatic carbocycles. The standard InChI is InChI=1S/C13H20N2O2S/c1-9-4-5-11-13(8-9)18(16,17)12(6-7-14-3)10(2)15-11/h4-5,8,10,12,14-15H,6-7H2,1-3H3. The molecule has 2 N–H and O–H groups in total. The highest BCUT2D eigenvalue weighted by Crippen LogP contribution is 2.34. The molecular weight excluding hydrogens is 248 g/mol. The van der Waals surface area contributed by atoms with Gasteiger partial charge in [0.05, 0.1) is 15.8 Å². The van der Waals surface area contributed by atoms with Crippen molar-refractivity contribution in [3.63, 3.8) is 0 Å². The van der Waals surface area contributed by atoms with E-state index in [1.807, 2.05) is 33.0 Å². The molecule has 0 radical (unpaired) electrons. The zero-order valence-corrected chi connectivity index (χ0v) is 11.8. The van der Waals surface area contributed by atoms with Crippen molar-refractivity contribution >= 4 is 15.5 Å². The van der Waals surface area contributed by atoms with Crippen LogP contribution in [0.2, 0.25) is 0 Å². The molecule has 1 heterocycles. The van der Waals surface area contributed by atoms with Crippen molar-refractivity contribution in [3.05, 3.63) is 23.8 Å². The number of sulfone groups is 1. The number of benzene rings is 1. The van der Waals surface area contributed by atoms with Crippen LogP contribution in [-0.4, -0.2) is 33.3 Å². The van der Waals surface area contributed by atoms with Gasteiger partial charge in [0, 0.05) is 6.04 Å². The molecular formula is C13H20N2O2S. The predicted molar refractivity (Wildman–Crippen MR) is 73.8 cm³/mol. The van der Waals surface area contributed by atoms with Gasteiger partial charge in [-0.2, -0.15) is 0 Å². The van der Waals surface area contributed by atoms with Gasteiger partial charge in [-0.25, -0.2) is 8.42 Å². The number of nitrogens with one attached hydrogen (secondary N) is 2. The Morgan fingerprint density at radius 1 is 1.39 bits per heavy atom. The molecule has 0 saturated carbocycles. The first-order valence-electron chi connectivity index (χ1n) is 6.22. The minimum Gasteiger partial charge on any atom is -0.380 e. The van der Waals surface area contributed by atoms with Crippen LogP contribution < -0.4 is 10.6 Å². The molecule has 0 spiro atoms. The summed E-state index contributed by atoms with van der Waals surface area (Å²) in [7, 11) is -1.39. The number of hydrogen-bond acceptors (Lipinski definition) is 4. The summed E-state index contributed by atoms with van der Waals surface area (Å²) in [6.45, 7) is 4.55. The number of fused-ring (bicyclic) bond motifs is 1. The first kappa shape index (κ1) is 13.4. The Bertz CT molecular complexity index is 540. The van der Waals surface area contributed by atoms with Crippen LogP contribution in [0.1, 0.15) is 18.9 Å². The maximum absolute atomic E-state index is 12.6. The molecule has 5 heteroatoms. The van der Waals surface area contributed by atoms with Crippen molar-refractivity contribution in [3.8, 4) is 0 Å². The van der Waals surface area contributed by atoms with Crippen LogP contribution in [0.5, 0.6) is 0 Å². The molecule has 0 aromatic heterocycles. The fourth-order valence-corrected chi connectivity index (χ4v) is 4.59. The first-order valence-corrected chi connectivity index (χ1v) is 7.77. The van der Waals surface area contributed by atoms with E-state index in [2.05, 4.69) is 10.6 Å². The molecule has 1 aliphatic rings. The van der Waals surface area contributed by atoms with Crippen LogP contribution in [0.3, 0.4) is 0 Å². The minimum absolute atomic E-state index is 0.0569. The molecule has 1 aliphatic heterocycles. The smallest absolute Gasteiger partial charge is 0.185 e. The maximum Gasteiger partial charge on any atom is 0.185 e. The number of rotatable bonds is 3. The van der Waals surface area contributed by atoms with E-state index < -0.39 is 9.84 Å². The topological polar surface area (TPSA) is 58.2 Å². The second-order valence-corrected chi connectivity index (χ2v) is 7.04. The molecule has 0 fully saturated rings. The lowest BCUT2D eigenvalue weighted by atomic mass is 10.1. The van der Waals surface area contributed by atoms with Crippen molar-refractivity contribution in [1.82, 2.24) is 5.32 Å². The summed E-state index contributed by atoms with van der Waals surface area (Å²) in [6, 6.07) is 5.49. The Hall–Kier alpha value is -1.07. The summed E-state index contributed by atoms with van der Waals surface area (Å²) in [5.41, 5.74) is 1.70. The van der Waals surface area contributed by atoms with Crippen LogP contribution in [-0.2, 0) is 9.84 Å². The minimum atomic E-state index is -3.23. The van der Waals surface area contributed by atoms with Crippen LogP contribution in [0.15, 0.2) is 23.1 Å². The van der Waals surface area contributed by atoms with Gasteiger partial charge in [-0.15, -0.1) is 0 Å². The van der Waals surface area contributed by atoms with E-state index in [-0.39, 0.29) is 11.3 Å². The molecule has 0 aliphatic carbocycles. The summed E-state index contributed by atoms with van der Waals surface area (Å²) in [6.07, 6.45) is 0.625. The molecule has 18 heavy (non-hydrogen) atoms. The quantitative estimate of drug-likeness (QED) is 0.873. The van der Waals surface area contributed by atoms with E-state index in [0.29, 0.717) is 17.9 Å². The van der Waals surface area contributed by atoms with Gasteiger partial charge in [0.25, 0.3) is 0 Å².